The molecule has 4 heteroatoms. The molecule has 3 aromatic rings. The lowest BCUT2D eigenvalue weighted by atomic mass is 10.1. The summed E-state index contributed by atoms with van der Waals surface area (Å²) in [6.07, 6.45) is 2.87. The Morgan fingerprint density at radius 2 is 1.74 bits per heavy atom. The van der Waals surface area contributed by atoms with Gasteiger partial charge < -0.3 is 5.32 Å². The van der Waals surface area contributed by atoms with Gasteiger partial charge in [0.25, 0.3) is 5.91 Å². The molecule has 0 unspecified atom stereocenters. The van der Waals surface area contributed by atoms with Crippen molar-refractivity contribution in [2.75, 3.05) is 6.54 Å². The highest BCUT2D eigenvalue weighted by Gasteiger charge is 2.12. The molecular formula is C23H27N3O. The van der Waals surface area contributed by atoms with Crippen LogP contribution in [-0.2, 0) is 12.8 Å². The van der Waals surface area contributed by atoms with Crippen LogP contribution in [0.1, 0.15) is 46.2 Å². The Bertz CT molecular complexity index is 895. The van der Waals surface area contributed by atoms with Gasteiger partial charge in [-0.3, -0.25) is 4.79 Å². The van der Waals surface area contributed by atoms with Crippen molar-refractivity contribution in [1.29, 1.82) is 0 Å². The average Bonchev–Trinajstić information content (AvgIpc) is 2.99. The van der Waals surface area contributed by atoms with Crippen LogP contribution in [0, 0.1) is 13.8 Å². The summed E-state index contributed by atoms with van der Waals surface area (Å²) in [5.74, 6) is -0.0303. The van der Waals surface area contributed by atoms with Gasteiger partial charge in [-0.25, -0.2) is 4.68 Å². The number of nitrogens with zero attached hydrogens (tertiary/aromatic N) is 2. The third-order valence-corrected chi connectivity index (χ3v) is 4.94. The third-order valence-electron chi connectivity index (χ3n) is 4.94. The van der Waals surface area contributed by atoms with Crippen molar-refractivity contribution in [3.63, 3.8) is 0 Å². The zero-order chi connectivity index (χ0) is 19.2. The van der Waals surface area contributed by atoms with Crippen LogP contribution < -0.4 is 5.32 Å². The molecule has 0 aliphatic carbocycles. The van der Waals surface area contributed by atoms with E-state index in [0.717, 1.165) is 36.3 Å². The fourth-order valence-electron chi connectivity index (χ4n) is 3.43. The highest BCUT2D eigenvalue weighted by Crippen LogP contribution is 2.18. The SMILES string of the molecule is CCc1c(C)nn(-c2ccc(C(=O)NCCCc3ccccc3)cc2)c1C. The highest BCUT2D eigenvalue weighted by atomic mass is 16.1. The van der Waals surface area contributed by atoms with Crippen LogP contribution in [0.15, 0.2) is 54.6 Å². The number of benzene rings is 2. The van der Waals surface area contributed by atoms with Crippen molar-refractivity contribution in [3.8, 4) is 5.69 Å². The number of rotatable bonds is 7. The normalized spacial score (nSPS) is 10.8. The summed E-state index contributed by atoms with van der Waals surface area (Å²) >= 11 is 0. The number of aryl methyl sites for hydroxylation is 2. The van der Waals surface area contributed by atoms with E-state index in [1.54, 1.807) is 0 Å². The molecule has 0 fully saturated rings. The minimum absolute atomic E-state index is 0.0303. The molecule has 0 aliphatic rings. The summed E-state index contributed by atoms with van der Waals surface area (Å²) in [4.78, 5) is 12.3. The first-order valence-corrected chi connectivity index (χ1v) is 9.57. The van der Waals surface area contributed by atoms with Crippen molar-refractivity contribution in [3.05, 3.63) is 82.7 Å². The topological polar surface area (TPSA) is 46.9 Å². The predicted molar refractivity (Wildman–Crippen MR) is 110 cm³/mol. The lowest BCUT2D eigenvalue weighted by Crippen LogP contribution is -2.24. The lowest BCUT2D eigenvalue weighted by molar-refractivity contribution is 0.0953. The summed E-state index contributed by atoms with van der Waals surface area (Å²) < 4.78 is 1.95. The van der Waals surface area contributed by atoms with Gasteiger partial charge in [0.2, 0.25) is 0 Å². The van der Waals surface area contributed by atoms with E-state index in [4.69, 9.17) is 0 Å². The van der Waals surface area contributed by atoms with Crippen LogP contribution in [0.2, 0.25) is 0 Å². The molecule has 27 heavy (non-hydrogen) atoms. The van der Waals surface area contributed by atoms with E-state index in [9.17, 15) is 4.79 Å². The first-order valence-electron chi connectivity index (χ1n) is 9.57. The van der Waals surface area contributed by atoms with Crippen LogP contribution in [0.4, 0.5) is 0 Å². The molecule has 1 N–H and O–H groups in total. The molecule has 1 amide bonds. The van der Waals surface area contributed by atoms with Gasteiger partial charge in [-0.1, -0.05) is 37.3 Å². The zero-order valence-electron chi connectivity index (χ0n) is 16.3. The molecule has 1 aromatic heterocycles. The number of aromatic nitrogens is 2. The summed E-state index contributed by atoms with van der Waals surface area (Å²) in [6.45, 7) is 6.95. The van der Waals surface area contributed by atoms with Crippen molar-refractivity contribution >= 4 is 5.91 Å². The minimum Gasteiger partial charge on any atom is -0.352 e. The molecule has 0 spiro atoms. The Morgan fingerprint density at radius 1 is 1.04 bits per heavy atom. The standard InChI is InChI=1S/C23H27N3O/c1-4-22-17(2)25-26(18(22)3)21-14-12-20(13-15-21)23(27)24-16-8-11-19-9-6-5-7-10-19/h5-7,9-10,12-15H,4,8,11,16H2,1-3H3,(H,24,27). The van der Waals surface area contributed by atoms with Crippen LogP contribution in [-0.4, -0.2) is 22.2 Å². The van der Waals surface area contributed by atoms with Crippen LogP contribution in [0.25, 0.3) is 5.69 Å². The summed E-state index contributed by atoms with van der Waals surface area (Å²) in [7, 11) is 0. The molecule has 0 radical (unpaired) electrons. The fraction of sp³-hybridized carbons (Fsp3) is 0.304. The van der Waals surface area contributed by atoms with Crippen LogP contribution in [0.3, 0.4) is 0 Å². The lowest BCUT2D eigenvalue weighted by Gasteiger charge is -2.08. The summed E-state index contributed by atoms with van der Waals surface area (Å²) in [6, 6.07) is 18.0. The van der Waals surface area contributed by atoms with E-state index in [1.807, 2.05) is 54.1 Å². The Labute approximate surface area is 161 Å². The quantitative estimate of drug-likeness (QED) is 0.634. The van der Waals surface area contributed by atoms with Crippen LogP contribution >= 0.6 is 0 Å². The number of carbonyl (C=O) groups is 1. The van der Waals surface area contributed by atoms with Gasteiger partial charge in [0.15, 0.2) is 0 Å². The first-order chi connectivity index (χ1) is 13.1. The zero-order valence-corrected chi connectivity index (χ0v) is 16.3. The molecule has 140 valence electrons. The fourth-order valence-corrected chi connectivity index (χ4v) is 3.43. The molecule has 0 atom stereocenters. The van der Waals surface area contributed by atoms with E-state index >= 15 is 0 Å². The third kappa shape index (κ3) is 4.45. The van der Waals surface area contributed by atoms with Gasteiger partial charge in [-0.2, -0.15) is 5.10 Å². The van der Waals surface area contributed by atoms with E-state index in [2.05, 4.69) is 36.4 Å². The number of nitrogens with one attached hydrogen (secondary N) is 1. The van der Waals surface area contributed by atoms with Gasteiger partial charge in [-0.15, -0.1) is 0 Å². The highest BCUT2D eigenvalue weighted by molar-refractivity contribution is 5.94. The number of amides is 1. The van der Waals surface area contributed by atoms with Gasteiger partial charge in [0.05, 0.1) is 11.4 Å². The minimum atomic E-state index is -0.0303. The average molecular weight is 361 g/mol. The molecule has 2 aromatic carbocycles. The van der Waals surface area contributed by atoms with Gasteiger partial charge in [0.1, 0.15) is 0 Å². The Kier molecular flexibility index (Phi) is 6.07. The second-order valence-corrected chi connectivity index (χ2v) is 6.81. The maximum atomic E-state index is 12.3. The largest absolute Gasteiger partial charge is 0.352 e. The van der Waals surface area contributed by atoms with Crippen molar-refractivity contribution in [2.24, 2.45) is 0 Å². The summed E-state index contributed by atoms with van der Waals surface area (Å²) in [5, 5.41) is 7.63. The van der Waals surface area contributed by atoms with Crippen LogP contribution in [0.5, 0.6) is 0 Å². The Hall–Kier alpha value is -2.88. The van der Waals surface area contributed by atoms with E-state index < -0.39 is 0 Å². The number of hydrogen-bond donors (Lipinski definition) is 1. The first kappa shape index (κ1) is 18.9. The van der Waals surface area contributed by atoms with Crippen molar-refractivity contribution < 1.29 is 4.79 Å². The van der Waals surface area contributed by atoms with E-state index in [0.29, 0.717) is 12.1 Å². The van der Waals surface area contributed by atoms with Gasteiger partial charge >= 0.3 is 0 Å². The molecule has 0 saturated heterocycles. The predicted octanol–water partition coefficient (Wildman–Crippen LogP) is 4.41. The second-order valence-electron chi connectivity index (χ2n) is 6.81. The molecule has 4 nitrogen and oxygen atoms in total. The number of hydrogen-bond acceptors (Lipinski definition) is 2. The molecule has 0 saturated carbocycles. The monoisotopic (exact) mass is 361 g/mol. The Morgan fingerprint density at radius 3 is 2.37 bits per heavy atom. The summed E-state index contributed by atoms with van der Waals surface area (Å²) in [5.41, 5.74) is 6.47. The van der Waals surface area contributed by atoms with Gasteiger partial charge in [0, 0.05) is 17.8 Å². The maximum absolute atomic E-state index is 12.3. The molecule has 3 rings (SSSR count). The maximum Gasteiger partial charge on any atom is 0.251 e. The molecule has 1 heterocycles. The molecular weight excluding hydrogens is 334 g/mol. The number of carbonyl (C=O) groups excluding carboxylic acids is 1. The van der Waals surface area contributed by atoms with E-state index in [1.165, 1.54) is 11.1 Å². The molecule has 0 aliphatic heterocycles. The van der Waals surface area contributed by atoms with Crippen molar-refractivity contribution in [1.82, 2.24) is 15.1 Å². The second kappa shape index (κ2) is 8.67. The smallest absolute Gasteiger partial charge is 0.251 e. The Balaban J connectivity index is 1.57. The van der Waals surface area contributed by atoms with Gasteiger partial charge in [-0.05, 0) is 68.5 Å². The van der Waals surface area contributed by atoms with E-state index in [-0.39, 0.29) is 5.91 Å². The van der Waals surface area contributed by atoms with Crippen molar-refractivity contribution in [2.45, 2.75) is 40.0 Å². The molecule has 0 bridgehead atoms.